The van der Waals surface area contributed by atoms with Crippen molar-refractivity contribution in [2.24, 2.45) is 4.99 Å². The van der Waals surface area contributed by atoms with Crippen LogP contribution in [0.5, 0.6) is 0 Å². The van der Waals surface area contributed by atoms with Crippen LogP contribution in [-0.2, 0) is 11.3 Å². The Labute approximate surface area is 172 Å². The minimum Gasteiger partial charge on any atom is -0.370 e. The number of hydrogen-bond donors (Lipinski definition) is 1. The summed E-state index contributed by atoms with van der Waals surface area (Å²) >= 11 is 0. The van der Waals surface area contributed by atoms with E-state index in [9.17, 15) is 0 Å². The van der Waals surface area contributed by atoms with E-state index >= 15 is 0 Å². The maximum atomic E-state index is 6.01. The number of aliphatic imine (C=N–C) groups is 1. The van der Waals surface area contributed by atoms with Crippen molar-refractivity contribution in [1.82, 2.24) is 15.2 Å². The van der Waals surface area contributed by atoms with E-state index in [1.165, 1.54) is 11.1 Å². The van der Waals surface area contributed by atoms with Crippen LogP contribution in [0.4, 0.5) is 0 Å². The number of hydrogen-bond acceptors (Lipinski definition) is 3. The number of ether oxygens (including phenoxy) is 1. The molecule has 2 heterocycles. The highest BCUT2D eigenvalue weighted by atomic mass is 127. The second-order valence-corrected chi connectivity index (χ2v) is 6.33. The molecule has 0 saturated carbocycles. The van der Waals surface area contributed by atoms with Gasteiger partial charge in [-0.05, 0) is 37.1 Å². The molecule has 1 fully saturated rings. The summed E-state index contributed by atoms with van der Waals surface area (Å²) in [4.78, 5) is 11.2. The van der Waals surface area contributed by atoms with Crippen LogP contribution < -0.4 is 5.32 Å². The zero-order valence-electron chi connectivity index (χ0n) is 15.6. The van der Waals surface area contributed by atoms with Crippen LogP contribution >= 0.6 is 24.0 Å². The molecule has 2 aromatic rings. The van der Waals surface area contributed by atoms with E-state index in [1.807, 2.05) is 32.2 Å². The van der Waals surface area contributed by atoms with Crippen molar-refractivity contribution in [3.63, 3.8) is 0 Å². The minimum atomic E-state index is 0. The van der Waals surface area contributed by atoms with Gasteiger partial charge in [0.1, 0.15) is 6.10 Å². The molecule has 1 unspecified atom stereocenters. The van der Waals surface area contributed by atoms with E-state index in [-0.39, 0.29) is 30.1 Å². The average Bonchev–Trinajstić information content (AvgIpc) is 2.63. The van der Waals surface area contributed by atoms with Crippen molar-refractivity contribution >= 4 is 29.9 Å². The van der Waals surface area contributed by atoms with Gasteiger partial charge in [0.15, 0.2) is 5.96 Å². The van der Waals surface area contributed by atoms with Crippen molar-refractivity contribution in [2.45, 2.75) is 26.5 Å². The highest BCUT2D eigenvalue weighted by Crippen LogP contribution is 2.24. The Kier molecular flexibility index (Phi) is 7.84. The van der Waals surface area contributed by atoms with E-state index in [0.29, 0.717) is 13.2 Å². The van der Waals surface area contributed by atoms with Crippen molar-refractivity contribution in [2.75, 3.05) is 26.7 Å². The molecule has 0 amide bonds. The highest BCUT2D eigenvalue weighted by Gasteiger charge is 2.25. The molecule has 1 N–H and O–H groups in total. The van der Waals surface area contributed by atoms with Crippen LogP contribution in [-0.4, -0.2) is 42.6 Å². The van der Waals surface area contributed by atoms with Gasteiger partial charge in [0, 0.05) is 19.3 Å². The van der Waals surface area contributed by atoms with Gasteiger partial charge < -0.3 is 15.0 Å². The van der Waals surface area contributed by atoms with E-state index in [1.54, 1.807) is 0 Å². The lowest BCUT2D eigenvalue weighted by molar-refractivity contribution is -0.00834. The summed E-state index contributed by atoms with van der Waals surface area (Å²) < 4.78 is 6.01. The van der Waals surface area contributed by atoms with Gasteiger partial charge in [0.2, 0.25) is 0 Å². The number of guanidine groups is 1. The zero-order valence-corrected chi connectivity index (χ0v) is 17.9. The molecule has 3 rings (SSSR count). The number of pyridine rings is 1. The summed E-state index contributed by atoms with van der Waals surface area (Å²) in [6.07, 6.45) is 0.0746. The topological polar surface area (TPSA) is 49.8 Å². The third-order valence-corrected chi connectivity index (χ3v) is 4.49. The molecular weight excluding hydrogens is 439 g/mol. The molecule has 1 saturated heterocycles. The fraction of sp³-hybridized carbons (Fsp3) is 0.400. The molecule has 26 heavy (non-hydrogen) atoms. The Morgan fingerprint density at radius 1 is 1.23 bits per heavy atom. The van der Waals surface area contributed by atoms with Gasteiger partial charge in [-0.15, -0.1) is 24.0 Å². The number of aryl methyl sites for hydroxylation is 2. The third-order valence-electron chi connectivity index (χ3n) is 4.49. The van der Waals surface area contributed by atoms with Crippen LogP contribution in [0.15, 0.2) is 47.5 Å². The molecule has 1 aromatic carbocycles. The second kappa shape index (κ2) is 9.87. The van der Waals surface area contributed by atoms with E-state index in [2.05, 4.69) is 51.4 Å². The first kappa shape index (κ1) is 20.6. The first-order chi connectivity index (χ1) is 12.2. The number of aromatic nitrogens is 1. The van der Waals surface area contributed by atoms with Gasteiger partial charge in [0.05, 0.1) is 25.4 Å². The molecule has 1 atom stereocenters. The molecule has 1 aliphatic heterocycles. The molecule has 5 nitrogen and oxygen atoms in total. The van der Waals surface area contributed by atoms with E-state index in [0.717, 1.165) is 30.4 Å². The lowest BCUT2D eigenvalue weighted by atomic mass is 10.0. The Balaban J connectivity index is 0.00000243. The third kappa shape index (κ3) is 5.17. The van der Waals surface area contributed by atoms with Crippen LogP contribution in [0.3, 0.4) is 0 Å². The number of benzene rings is 1. The molecule has 140 valence electrons. The van der Waals surface area contributed by atoms with Crippen LogP contribution in [0.2, 0.25) is 0 Å². The zero-order chi connectivity index (χ0) is 17.6. The summed E-state index contributed by atoms with van der Waals surface area (Å²) in [7, 11) is 1.82. The predicted molar refractivity (Wildman–Crippen MR) is 116 cm³/mol. The molecule has 6 heteroatoms. The van der Waals surface area contributed by atoms with Crippen LogP contribution in [0.25, 0.3) is 0 Å². The van der Waals surface area contributed by atoms with Crippen molar-refractivity contribution < 1.29 is 4.74 Å². The fourth-order valence-electron chi connectivity index (χ4n) is 3.18. The van der Waals surface area contributed by atoms with Crippen molar-refractivity contribution in [3.05, 3.63) is 65.0 Å². The summed E-state index contributed by atoms with van der Waals surface area (Å²) in [5, 5.41) is 3.43. The van der Waals surface area contributed by atoms with Gasteiger partial charge in [-0.25, -0.2) is 0 Å². The van der Waals surface area contributed by atoms with E-state index in [4.69, 9.17) is 4.74 Å². The quantitative estimate of drug-likeness (QED) is 0.428. The standard InChI is InChI=1S/C20H26N4O.HI/c1-15-7-4-5-10-18(15)19-14-24(11-12-25-19)20(21-3)22-13-17-9-6-8-16(2)23-17;/h4-10,19H,11-14H2,1-3H3,(H,21,22);1H. The highest BCUT2D eigenvalue weighted by molar-refractivity contribution is 14.0. The lowest BCUT2D eigenvalue weighted by Crippen LogP contribution is -2.48. The molecule has 0 bridgehead atoms. The molecule has 0 aliphatic carbocycles. The smallest absolute Gasteiger partial charge is 0.194 e. The molecule has 1 aromatic heterocycles. The van der Waals surface area contributed by atoms with Crippen LogP contribution in [0.1, 0.15) is 28.6 Å². The van der Waals surface area contributed by atoms with Crippen LogP contribution in [0, 0.1) is 13.8 Å². The molecule has 0 spiro atoms. The Bertz CT molecular complexity index is 750. The summed E-state index contributed by atoms with van der Waals surface area (Å²) in [5.74, 6) is 0.894. The SMILES string of the molecule is CN=C(NCc1cccc(C)n1)N1CCOC(c2ccccc2C)C1.I. The van der Waals surface area contributed by atoms with Gasteiger partial charge in [-0.1, -0.05) is 30.3 Å². The first-order valence-corrected chi connectivity index (χ1v) is 8.72. The summed E-state index contributed by atoms with van der Waals surface area (Å²) in [5.41, 5.74) is 4.56. The number of rotatable bonds is 3. The van der Waals surface area contributed by atoms with Crippen molar-refractivity contribution in [1.29, 1.82) is 0 Å². The largest absolute Gasteiger partial charge is 0.370 e. The van der Waals surface area contributed by atoms with E-state index < -0.39 is 0 Å². The summed E-state index contributed by atoms with van der Waals surface area (Å²) in [6, 6.07) is 14.5. The number of halogens is 1. The Hall–Kier alpha value is -1.67. The number of nitrogens with one attached hydrogen (secondary N) is 1. The Morgan fingerprint density at radius 2 is 2.04 bits per heavy atom. The van der Waals surface area contributed by atoms with Gasteiger partial charge in [0.25, 0.3) is 0 Å². The average molecular weight is 466 g/mol. The van der Waals surface area contributed by atoms with Gasteiger partial charge in [-0.2, -0.15) is 0 Å². The normalized spacial score (nSPS) is 17.6. The van der Waals surface area contributed by atoms with Crippen molar-refractivity contribution in [3.8, 4) is 0 Å². The van der Waals surface area contributed by atoms with Gasteiger partial charge in [-0.3, -0.25) is 9.98 Å². The molecule has 1 aliphatic rings. The molecule has 0 radical (unpaired) electrons. The predicted octanol–water partition coefficient (Wildman–Crippen LogP) is 3.47. The fourth-order valence-corrected chi connectivity index (χ4v) is 3.18. The Morgan fingerprint density at radius 3 is 2.77 bits per heavy atom. The number of nitrogens with zero attached hydrogens (tertiary/aromatic N) is 3. The minimum absolute atomic E-state index is 0. The molecular formula is C20H27IN4O. The number of morpholine rings is 1. The maximum absolute atomic E-state index is 6.01. The first-order valence-electron chi connectivity index (χ1n) is 8.72. The second-order valence-electron chi connectivity index (χ2n) is 6.33. The maximum Gasteiger partial charge on any atom is 0.194 e. The summed E-state index contributed by atoms with van der Waals surface area (Å²) in [6.45, 7) is 7.14. The van der Waals surface area contributed by atoms with Gasteiger partial charge >= 0.3 is 0 Å². The lowest BCUT2D eigenvalue weighted by Gasteiger charge is -2.35. The monoisotopic (exact) mass is 466 g/mol.